The van der Waals surface area contributed by atoms with Gasteiger partial charge in [-0.05, 0) is 36.6 Å². The standard InChI is InChI=1S/C13H17ClN2O3S/c14-12-5-10(13(15)17)1-2-11(12)7-16-6-9-3-4-20(18,19)8-9/h1-2,5,9,16H,3-4,6-8H2,(H2,15,17). The van der Waals surface area contributed by atoms with Crippen LogP contribution in [0.2, 0.25) is 5.02 Å². The lowest BCUT2D eigenvalue weighted by molar-refractivity contribution is 0.100. The van der Waals surface area contributed by atoms with Crippen LogP contribution < -0.4 is 11.1 Å². The van der Waals surface area contributed by atoms with E-state index >= 15 is 0 Å². The normalized spacial score (nSPS) is 20.9. The summed E-state index contributed by atoms with van der Waals surface area (Å²) in [4.78, 5) is 11.0. The van der Waals surface area contributed by atoms with Crippen LogP contribution in [0.1, 0.15) is 22.3 Å². The third-order valence-corrected chi connectivity index (χ3v) is 5.60. The van der Waals surface area contributed by atoms with E-state index in [0.717, 1.165) is 5.56 Å². The molecule has 1 unspecified atom stereocenters. The van der Waals surface area contributed by atoms with Gasteiger partial charge < -0.3 is 11.1 Å². The van der Waals surface area contributed by atoms with Crippen molar-refractivity contribution in [2.75, 3.05) is 18.1 Å². The fourth-order valence-corrected chi connectivity index (χ4v) is 4.40. The zero-order valence-electron chi connectivity index (χ0n) is 10.9. The van der Waals surface area contributed by atoms with Crippen LogP contribution in [0.25, 0.3) is 0 Å². The summed E-state index contributed by atoms with van der Waals surface area (Å²) >= 11 is 6.07. The Hall–Kier alpha value is -1.11. The van der Waals surface area contributed by atoms with Crippen LogP contribution in [-0.4, -0.2) is 32.4 Å². The van der Waals surface area contributed by atoms with Gasteiger partial charge in [0.1, 0.15) is 0 Å². The highest BCUT2D eigenvalue weighted by Crippen LogP contribution is 2.19. The molecule has 0 aliphatic carbocycles. The lowest BCUT2D eigenvalue weighted by atomic mass is 10.1. The quantitative estimate of drug-likeness (QED) is 0.847. The fraction of sp³-hybridized carbons (Fsp3) is 0.462. The molecule has 1 saturated heterocycles. The number of primary amides is 1. The van der Waals surface area contributed by atoms with Crippen molar-refractivity contribution in [3.8, 4) is 0 Å². The minimum Gasteiger partial charge on any atom is -0.366 e. The number of carbonyl (C=O) groups excluding carboxylic acids is 1. The minimum atomic E-state index is -2.83. The second-order valence-corrected chi connectivity index (χ2v) is 7.71. The van der Waals surface area contributed by atoms with Crippen LogP contribution in [0.15, 0.2) is 18.2 Å². The molecule has 20 heavy (non-hydrogen) atoms. The Morgan fingerprint density at radius 1 is 1.45 bits per heavy atom. The van der Waals surface area contributed by atoms with E-state index in [9.17, 15) is 13.2 Å². The summed E-state index contributed by atoms with van der Waals surface area (Å²) in [7, 11) is -2.83. The van der Waals surface area contributed by atoms with Gasteiger partial charge in [-0.2, -0.15) is 0 Å². The molecule has 0 saturated carbocycles. The molecule has 0 bridgehead atoms. The molecule has 3 N–H and O–H groups in total. The number of nitrogens with two attached hydrogens (primary N) is 1. The Bertz CT molecular complexity index is 616. The second kappa shape index (κ2) is 6.11. The van der Waals surface area contributed by atoms with Gasteiger partial charge in [0.2, 0.25) is 5.91 Å². The van der Waals surface area contributed by atoms with E-state index in [0.29, 0.717) is 30.1 Å². The largest absolute Gasteiger partial charge is 0.366 e. The number of sulfone groups is 1. The molecule has 2 rings (SSSR count). The molecule has 7 heteroatoms. The Balaban J connectivity index is 1.87. The lowest BCUT2D eigenvalue weighted by Crippen LogP contribution is -2.23. The van der Waals surface area contributed by atoms with Gasteiger partial charge in [-0.3, -0.25) is 4.79 Å². The van der Waals surface area contributed by atoms with Crippen molar-refractivity contribution in [3.05, 3.63) is 34.3 Å². The number of halogens is 1. The Morgan fingerprint density at radius 3 is 2.75 bits per heavy atom. The maximum absolute atomic E-state index is 11.3. The van der Waals surface area contributed by atoms with E-state index in [-0.39, 0.29) is 17.4 Å². The minimum absolute atomic E-state index is 0.170. The summed E-state index contributed by atoms with van der Waals surface area (Å²) in [6, 6.07) is 4.92. The first kappa shape index (κ1) is 15.3. The van der Waals surface area contributed by atoms with E-state index in [4.69, 9.17) is 17.3 Å². The molecule has 1 aliphatic heterocycles. The maximum atomic E-state index is 11.3. The van der Waals surface area contributed by atoms with Gasteiger partial charge >= 0.3 is 0 Å². The van der Waals surface area contributed by atoms with Gasteiger partial charge in [0.05, 0.1) is 11.5 Å². The van der Waals surface area contributed by atoms with Crippen molar-refractivity contribution in [1.82, 2.24) is 5.32 Å². The first-order chi connectivity index (χ1) is 9.37. The zero-order valence-corrected chi connectivity index (χ0v) is 12.5. The van der Waals surface area contributed by atoms with Gasteiger partial charge in [-0.25, -0.2) is 8.42 Å². The van der Waals surface area contributed by atoms with Crippen molar-refractivity contribution in [2.24, 2.45) is 11.7 Å². The third kappa shape index (κ3) is 3.94. The number of nitrogens with one attached hydrogen (secondary N) is 1. The number of amides is 1. The highest BCUT2D eigenvalue weighted by Gasteiger charge is 2.27. The van der Waals surface area contributed by atoms with Crippen LogP contribution in [0.5, 0.6) is 0 Å². The van der Waals surface area contributed by atoms with Crippen LogP contribution in [0.3, 0.4) is 0 Å². The fourth-order valence-electron chi connectivity index (χ4n) is 2.29. The van der Waals surface area contributed by atoms with E-state index in [1.807, 2.05) is 0 Å². The van der Waals surface area contributed by atoms with Gasteiger partial charge in [-0.15, -0.1) is 0 Å². The van der Waals surface area contributed by atoms with Crippen LogP contribution in [0.4, 0.5) is 0 Å². The summed E-state index contributed by atoms with van der Waals surface area (Å²) in [5.74, 6) is 0.202. The van der Waals surface area contributed by atoms with Crippen LogP contribution >= 0.6 is 11.6 Å². The molecular formula is C13H17ClN2O3S. The van der Waals surface area contributed by atoms with Gasteiger partial charge in [-0.1, -0.05) is 17.7 Å². The first-order valence-electron chi connectivity index (χ1n) is 6.37. The molecule has 1 aromatic carbocycles. The molecule has 1 fully saturated rings. The maximum Gasteiger partial charge on any atom is 0.248 e. The smallest absolute Gasteiger partial charge is 0.248 e. The van der Waals surface area contributed by atoms with Gasteiger partial charge in [0.25, 0.3) is 0 Å². The molecule has 1 aromatic rings. The summed E-state index contributed by atoms with van der Waals surface area (Å²) < 4.78 is 22.7. The average Bonchev–Trinajstić information content (AvgIpc) is 2.70. The summed E-state index contributed by atoms with van der Waals surface area (Å²) in [5.41, 5.74) is 6.41. The third-order valence-electron chi connectivity index (χ3n) is 3.41. The van der Waals surface area contributed by atoms with Crippen molar-refractivity contribution >= 4 is 27.3 Å². The summed E-state index contributed by atoms with van der Waals surface area (Å²) in [6.45, 7) is 1.18. The predicted molar refractivity (Wildman–Crippen MR) is 78.4 cm³/mol. The molecule has 0 spiro atoms. The van der Waals surface area contributed by atoms with Crippen molar-refractivity contribution in [1.29, 1.82) is 0 Å². The Labute approximate surface area is 123 Å². The predicted octanol–water partition coefficient (Wildman–Crippen LogP) is 0.963. The van der Waals surface area contributed by atoms with Crippen molar-refractivity contribution in [3.63, 3.8) is 0 Å². The van der Waals surface area contributed by atoms with E-state index in [2.05, 4.69) is 5.32 Å². The van der Waals surface area contributed by atoms with E-state index in [1.165, 1.54) is 0 Å². The molecule has 5 nitrogen and oxygen atoms in total. The van der Waals surface area contributed by atoms with E-state index < -0.39 is 15.7 Å². The highest BCUT2D eigenvalue weighted by molar-refractivity contribution is 7.91. The molecular weight excluding hydrogens is 300 g/mol. The number of hydrogen-bond donors (Lipinski definition) is 2. The average molecular weight is 317 g/mol. The molecule has 0 radical (unpaired) electrons. The number of hydrogen-bond acceptors (Lipinski definition) is 4. The summed E-state index contributed by atoms with van der Waals surface area (Å²) in [5, 5.41) is 3.69. The highest BCUT2D eigenvalue weighted by atomic mass is 35.5. The van der Waals surface area contributed by atoms with Gasteiger partial charge in [0.15, 0.2) is 9.84 Å². The lowest BCUT2D eigenvalue weighted by Gasteiger charge is -2.11. The molecule has 110 valence electrons. The molecule has 1 heterocycles. The monoisotopic (exact) mass is 316 g/mol. The summed E-state index contributed by atoms with van der Waals surface area (Å²) in [6.07, 6.45) is 0.712. The zero-order chi connectivity index (χ0) is 14.8. The molecule has 0 aromatic heterocycles. The van der Waals surface area contributed by atoms with Crippen molar-refractivity contribution in [2.45, 2.75) is 13.0 Å². The topological polar surface area (TPSA) is 89.3 Å². The van der Waals surface area contributed by atoms with Crippen LogP contribution in [0, 0.1) is 5.92 Å². The first-order valence-corrected chi connectivity index (χ1v) is 8.57. The van der Waals surface area contributed by atoms with Crippen molar-refractivity contribution < 1.29 is 13.2 Å². The number of benzene rings is 1. The Kier molecular flexibility index (Phi) is 4.67. The van der Waals surface area contributed by atoms with Gasteiger partial charge in [0, 0.05) is 17.1 Å². The number of carbonyl (C=O) groups is 1. The number of rotatable bonds is 5. The molecule has 1 aliphatic rings. The SMILES string of the molecule is NC(=O)c1ccc(CNCC2CCS(=O)(=O)C2)c(Cl)c1. The Morgan fingerprint density at radius 2 is 2.20 bits per heavy atom. The van der Waals surface area contributed by atoms with Crippen LogP contribution in [-0.2, 0) is 16.4 Å². The van der Waals surface area contributed by atoms with E-state index in [1.54, 1.807) is 18.2 Å². The molecule has 1 atom stereocenters. The molecule has 1 amide bonds. The second-order valence-electron chi connectivity index (χ2n) is 5.07.